The number of amides is 1. The van der Waals surface area contributed by atoms with Crippen molar-refractivity contribution in [3.05, 3.63) is 0 Å². The maximum atomic E-state index is 11.6. The summed E-state index contributed by atoms with van der Waals surface area (Å²) in [7, 11) is 0. The molecule has 86 valence electrons. The Labute approximate surface area is 91.6 Å². The Kier molecular flexibility index (Phi) is 4.76. The highest BCUT2D eigenvalue weighted by molar-refractivity contribution is 5.84. The third-order valence-corrected chi connectivity index (χ3v) is 2.06. The van der Waals surface area contributed by atoms with Crippen molar-refractivity contribution in [3.63, 3.8) is 0 Å². The van der Waals surface area contributed by atoms with Crippen molar-refractivity contribution in [1.82, 2.24) is 5.32 Å². The third kappa shape index (κ3) is 4.80. The van der Waals surface area contributed by atoms with E-state index in [9.17, 15) is 4.79 Å². The molecule has 0 saturated heterocycles. The minimum Gasteiger partial charge on any atom is -0.374 e. The van der Waals surface area contributed by atoms with Crippen LogP contribution in [0, 0.1) is 16.7 Å². The smallest absolute Gasteiger partial charge is 0.240 e. The number of nitriles is 1. The first-order chi connectivity index (χ1) is 6.75. The number of nitrogens with one attached hydrogen (secondary N) is 1. The summed E-state index contributed by atoms with van der Waals surface area (Å²) in [4.78, 5) is 11.6. The van der Waals surface area contributed by atoms with Crippen molar-refractivity contribution in [1.29, 1.82) is 5.26 Å². The molecule has 0 unspecified atom stereocenters. The first-order valence-electron chi connectivity index (χ1n) is 5.08. The summed E-state index contributed by atoms with van der Waals surface area (Å²) >= 11 is 0. The van der Waals surface area contributed by atoms with Gasteiger partial charge in [-0.15, -0.1) is 0 Å². The van der Waals surface area contributed by atoms with Crippen LogP contribution in [0.15, 0.2) is 0 Å². The Morgan fingerprint density at radius 2 is 1.93 bits per heavy atom. The lowest BCUT2D eigenvalue weighted by Crippen LogP contribution is -2.44. The summed E-state index contributed by atoms with van der Waals surface area (Å²) in [5.41, 5.74) is -1.38. The first kappa shape index (κ1) is 13.9. The Morgan fingerprint density at radius 1 is 1.40 bits per heavy atom. The van der Waals surface area contributed by atoms with Gasteiger partial charge in [-0.3, -0.25) is 4.79 Å². The highest BCUT2D eigenvalue weighted by Crippen LogP contribution is 2.14. The summed E-state index contributed by atoms with van der Waals surface area (Å²) in [6.45, 7) is 9.90. The van der Waals surface area contributed by atoms with Crippen LogP contribution >= 0.6 is 0 Å². The van der Waals surface area contributed by atoms with Gasteiger partial charge in [-0.1, -0.05) is 0 Å². The Morgan fingerprint density at radius 3 is 2.33 bits per heavy atom. The molecular formula is C11H20N2O2. The Bertz CT molecular complexity index is 264. The molecule has 0 aliphatic heterocycles. The van der Waals surface area contributed by atoms with Gasteiger partial charge in [0.1, 0.15) is 5.41 Å². The highest BCUT2D eigenvalue weighted by atomic mass is 16.5. The van der Waals surface area contributed by atoms with E-state index in [0.29, 0.717) is 13.2 Å². The quantitative estimate of drug-likeness (QED) is 0.750. The Hall–Kier alpha value is -1.08. The number of ether oxygens (including phenoxy) is 1. The van der Waals surface area contributed by atoms with Crippen LogP contribution in [0.1, 0.15) is 34.6 Å². The number of carbonyl (C=O) groups excluding carboxylic acids is 1. The molecule has 0 fully saturated rings. The standard InChI is InChI=1S/C11H20N2O2/c1-6-15-11(4,5)8-13-9(14)10(2,3)7-12/h6,8H2,1-5H3,(H,13,14). The van der Waals surface area contributed by atoms with Gasteiger partial charge in [0.05, 0.1) is 11.7 Å². The average Bonchev–Trinajstić information content (AvgIpc) is 2.14. The van der Waals surface area contributed by atoms with E-state index in [1.807, 2.05) is 26.8 Å². The van der Waals surface area contributed by atoms with Crippen LogP contribution in [0.25, 0.3) is 0 Å². The predicted octanol–water partition coefficient (Wildman–Crippen LogP) is 1.47. The molecular weight excluding hydrogens is 192 g/mol. The zero-order valence-electron chi connectivity index (χ0n) is 10.2. The van der Waals surface area contributed by atoms with Crippen molar-refractivity contribution >= 4 is 5.91 Å². The average molecular weight is 212 g/mol. The molecule has 1 N–H and O–H groups in total. The largest absolute Gasteiger partial charge is 0.374 e. The SMILES string of the molecule is CCOC(C)(C)CNC(=O)C(C)(C)C#N. The molecule has 0 aromatic rings. The zero-order chi connectivity index (χ0) is 12.1. The monoisotopic (exact) mass is 212 g/mol. The van der Waals surface area contributed by atoms with Crippen molar-refractivity contribution < 1.29 is 9.53 Å². The van der Waals surface area contributed by atoms with E-state index in [4.69, 9.17) is 10.00 Å². The second-order valence-electron chi connectivity index (χ2n) is 4.61. The van der Waals surface area contributed by atoms with Gasteiger partial charge in [0.2, 0.25) is 5.91 Å². The number of rotatable bonds is 5. The van der Waals surface area contributed by atoms with E-state index < -0.39 is 11.0 Å². The maximum absolute atomic E-state index is 11.6. The fourth-order valence-electron chi connectivity index (χ4n) is 1.01. The van der Waals surface area contributed by atoms with E-state index in [1.54, 1.807) is 13.8 Å². The van der Waals surface area contributed by atoms with Crippen LogP contribution in [0.4, 0.5) is 0 Å². The summed E-state index contributed by atoms with van der Waals surface area (Å²) < 4.78 is 5.43. The molecule has 0 rings (SSSR count). The number of hydrogen-bond donors (Lipinski definition) is 1. The lowest BCUT2D eigenvalue weighted by atomic mass is 9.94. The first-order valence-corrected chi connectivity index (χ1v) is 5.08. The van der Waals surface area contributed by atoms with Crippen LogP contribution < -0.4 is 5.32 Å². The minimum atomic E-state index is -0.984. The van der Waals surface area contributed by atoms with E-state index in [0.717, 1.165) is 0 Å². The molecule has 0 aromatic heterocycles. The van der Waals surface area contributed by atoms with Crippen LogP contribution in [0.2, 0.25) is 0 Å². The second kappa shape index (κ2) is 5.13. The van der Waals surface area contributed by atoms with E-state index in [1.165, 1.54) is 0 Å². The zero-order valence-corrected chi connectivity index (χ0v) is 10.2. The van der Waals surface area contributed by atoms with Gasteiger partial charge in [-0.25, -0.2) is 0 Å². The van der Waals surface area contributed by atoms with E-state index in [-0.39, 0.29) is 5.91 Å². The summed E-state index contributed by atoms with van der Waals surface area (Å²) in [6, 6.07) is 1.96. The lowest BCUT2D eigenvalue weighted by molar-refractivity contribution is -0.128. The van der Waals surface area contributed by atoms with E-state index in [2.05, 4.69) is 5.32 Å². The van der Waals surface area contributed by atoms with Crippen LogP contribution in [0.5, 0.6) is 0 Å². The van der Waals surface area contributed by atoms with Crippen molar-refractivity contribution in [2.45, 2.75) is 40.2 Å². The lowest BCUT2D eigenvalue weighted by Gasteiger charge is -2.26. The molecule has 4 nitrogen and oxygen atoms in total. The van der Waals surface area contributed by atoms with Crippen molar-refractivity contribution in [3.8, 4) is 6.07 Å². The molecule has 0 heterocycles. The summed E-state index contributed by atoms with van der Waals surface area (Å²) in [5.74, 6) is -0.266. The van der Waals surface area contributed by atoms with Gasteiger partial charge < -0.3 is 10.1 Å². The van der Waals surface area contributed by atoms with E-state index >= 15 is 0 Å². The van der Waals surface area contributed by atoms with Crippen molar-refractivity contribution in [2.24, 2.45) is 5.41 Å². The number of nitrogens with zero attached hydrogens (tertiary/aromatic N) is 1. The summed E-state index contributed by atoms with van der Waals surface area (Å²) in [5, 5.41) is 11.5. The Balaban J connectivity index is 4.19. The molecule has 0 aliphatic carbocycles. The molecule has 0 radical (unpaired) electrons. The second-order valence-corrected chi connectivity index (χ2v) is 4.61. The molecule has 15 heavy (non-hydrogen) atoms. The maximum Gasteiger partial charge on any atom is 0.240 e. The minimum absolute atomic E-state index is 0.266. The van der Waals surface area contributed by atoms with Gasteiger partial charge in [0.25, 0.3) is 0 Å². The fourth-order valence-corrected chi connectivity index (χ4v) is 1.01. The van der Waals surface area contributed by atoms with Gasteiger partial charge in [0.15, 0.2) is 0 Å². The molecule has 4 heteroatoms. The highest BCUT2D eigenvalue weighted by Gasteiger charge is 2.29. The topological polar surface area (TPSA) is 62.1 Å². The molecule has 0 bridgehead atoms. The van der Waals surface area contributed by atoms with Crippen LogP contribution in [0.3, 0.4) is 0 Å². The molecule has 0 spiro atoms. The van der Waals surface area contributed by atoms with Gasteiger partial charge in [-0.05, 0) is 34.6 Å². The third-order valence-electron chi connectivity index (χ3n) is 2.06. The molecule has 0 atom stereocenters. The molecule has 0 aliphatic rings. The predicted molar refractivity (Wildman–Crippen MR) is 58.1 cm³/mol. The number of carbonyl (C=O) groups is 1. The van der Waals surface area contributed by atoms with Crippen LogP contribution in [-0.2, 0) is 9.53 Å². The summed E-state index contributed by atoms with van der Waals surface area (Å²) in [6.07, 6.45) is 0. The van der Waals surface area contributed by atoms with Gasteiger partial charge in [0, 0.05) is 13.2 Å². The number of hydrogen-bond acceptors (Lipinski definition) is 3. The van der Waals surface area contributed by atoms with Gasteiger partial charge in [-0.2, -0.15) is 5.26 Å². The molecule has 0 saturated carbocycles. The fraction of sp³-hybridized carbons (Fsp3) is 0.818. The normalized spacial score (nSPS) is 12.0. The molecule has 0 aromatic carbocycles. The van der Waals surface area contributed by atoms with Crippen LogP contribution in [-0.4, -0.2) is 24.7 Å². The van der Waals surface area contributed by atoms with Gasteiger partial charge >= 0.3 is 0 Å². The van der Waals surface area contributed by atoms with Crippen molar-refractivity contribution in [2.75, 3.05) is 13.2 Å². The molecule has 1 amide bonds.